The number of rotatable bonds is 0. The van der Waals surface area contributed by atoms with Crippen molar-refractivity contribution in [2.75, 3.05) is 0 Å². The minimum absolute atomic E-state index is 0.185. The Labute approximate surface area is 64.7 Å². The van der Waals surface area contributed by atoms with Gasteiger partial charge in [0.05, 0.1) is 0 Å². The topological polar surface area (TPSA) is 77.0 Å². The molecule has 0 spiro atoms. The fourth-order valence-electron chi connectivity index (χ4n) is 0.992. The van der Waals surface area contributed by atoms with E-state index in [1.54, 1.807) is 0 Å². The normalized spacial score (nSPS) is 10.7. The van der Waals surface area contributed by atoms with Gasteiger partial charge in [-0.2, -0.15) is 0 Å². The van der Waals surface area contributed by atoms with Gasteiger partial charge in [0, 0.05) is 0 Å². The lowest BCUT2D eigenvalue weighted by Crippen LogP contribution is -2.27. The maximum atomic E-state index is 11.0. The molecule has 0 aromatic rings. The van der Waals surface area contributed by atoms with Gasteiger partial charge in [-0.3, -0.25) is 14.4 Å². The van der Waals surface area contributed by atoms with Gasteiger partial charge in [-0.15, -0.1) is 10.2 Å². The van der Waals surface area contributed by atoms with E-state index in [9.17, 15) is 14.4 Å². The highest BCUT2D eigenvalue weighted by molar-refractivity contribution is 5.08. The summed E-state index contributed by atoms with van der Waals surface area (Å²) in [5.74, 6) is 0. The largest absolute Gasteiger partial charge is 0.301 e. The van der Waals surface area contributed by atoms with E-state index in [-0.39, 0.29) is 10.6 Å². The highest BCUT2D eigenvalue weighted by Gasteiger charge is 2.04. The fourth-order valence-corrected chi connectivity index (χ4v) is 0.992. The standard InChI is InChI=1S/C7H2N2O3/c10-4-2-1-3-5(6(4)11)7(12)9-8-3/h1-2H. The molecule has 5 heteroatoms. The Morgan fingerprint density at radius 3 is 2.50 bits per heavy atom. The van der Waals surface area contributed by atoms with Gasteiger partial charge in [-0.1, -0.05) is 0 Å². The van der Waals surface area contributed by atoms with E-state index in [0.29, 0.717) is 0 Å². The van der Waals surface area contributed by atoms with Crippen LogP contribution in [0, 0.1) is 10.6 Å². The molecular weight excluding hydrogens is 160 g/mol. The highest BCUT2D eigenvalue weighted by Crippen LogP contribution is 1.78. The minimum Gasteiger partial charge on any atom is -0.286 e. The van der Waals surface area contributed by atoms with Crippen molar-refractivity contribution in [2.24, 2.45) is 0 Å². The Morgan fingerprint density at radius 1 is 1.00 bits per heavy atom. The number of hydrogen-bond acceptors (Lipinski definition) is 5. The van der Waals surface area contributed by atoms with Gasteiger partial charge in [-0.25, -0.2) is 0 Å². The summed E-state index contributed by atoms with van der Waals surface area (Å²) in [4.78, 5) is 32.6. The summed E-state index contributed by atoms with van der Waals surface area (Å²) in [5.41, 5.74) is -2.25. The molecule has 0 radical (unpaired) electrons. The fraction of sp³-hybridized carbons (Fsp3) is 0. The molecule has 1 aliphatic carbocycles. The lowest BCUT2D eigenvalue weighted by atomic mass is 10.3. The van der Waals surface area contributed by atoms with Crippen LogP contribution in [0.2, 0.25) is 0 Å². The van der Waals surface area contributed by atoms with Crippen molar-refractivity contribution in [2.45, 2.75) is 0 Å². The predicted octanol–water partition coefficient (Wildman–Crippen LogP) is -1.84. The van der Waals surface area contributed by atoms with Crippen LogP contribution >= 0.6 is 0 Å². The Hall–Kier alpha value is -1.91. The average molecular weight is 162 g/mol. The summed E-state index contributed by atoms with van der Waals surface area (Å²) >= 11 is 0. The van der Waals surface area contributed by atoms with E-state index < -0.39 is 16.4 Å². The molecule has 0 saturated heterocycles. The second-order valence-corrected chi connectivity index (χ2v) is 2.29. The van der Waals surface area contributed by atoms with Gasteiger partial charge < -0.3 is 0 Å². The van der Waals surface area contributed by atoms with Gasteiger partial charge in [-0.05, 0) is 12.1 Å². The molecule has 0 aromatic carbocycles. The molecule has 0 fully saturated rings. The first kappa shape index (κ1) is 6.78. The maximum absolute atomic E-state index is 11.0. The van der Waals surface area contributed by atoms with Gasteiger partial charge >= 0.3 is 5.56 Å². The zero-order chi connectivity index (χ0) is 8.72. The summed E-state index contributed by atoms with van der Waals surface area (Å²) in [6.45, 7) is 0. The minimum atomic E-state index is -0.817. The molecule has 12 heavy (non-hydrogen) atoms. The smallest absolute Gasteiger partial charge is 0.286 e. The Bertz CT molecular complexity index is 624. The summed E-state index contributed by atoms with van der Waals surface area (Å²) in [7, 11) is 0. The molecule has 0 unspecified atom stereocenters. The van der Waals surface area contributed by atoms with Crippen molar-refractivity contribution < 1.29 is 0 Å². The lowest BCUT2D eigenvalue weighted by molar-refractivity contribution is 1.03. The van der Waals surface area contributed by atoms with Gasteiger partial charge in [0.2, 0.25) is 10.9 Å². The quantitative estimate of drug-likeness (QED) is 0.425. The third-order valence-electron chi connectivity index (χ3n) is 1.56. The van der Waals surface area contributed by atoms with Crippen LogP contribution in [0.25, 0.3) is 0 Å². The first-order valence-corrected chi connectivity index (χ1v) is 3.17. The third-order valence-corrected chi connectivity index (χ3v) is 1.56. The molecule has 1 heterocycles. The Balaban J connectivity index is 3.41. The second-order valence-electron chi connectivity index (χ2n) is 2.29. The first-order valence-electron chi connectivity index (χ1n) is 3.17. The van der Waals surface area contributed by atoms with Crippen LogP contribution in [0.5, 0.6) is 0 Å². The maximum Gasteiger partial charge on any atom is 0.301 e. The molecular formula is C7H2N2O3. The van der Waals surface area contributed by atoms with Crippen LogP contribution in [0.15, 0.2) is 26.5 Å². The molecule has 2 rings (SSSR count). The second kappa shape index (κ2) is 2.04. The van der Waals surface area contributed by atoms with Gasteiger partial charge in [0.15, 0.2) is 0 Å². The van der Waals surface area contributed by atoms with Crippen molar-refractivity contribution in [3.8, 4) is 0 Å². The summed E-state index contributed by atoms with van der Waals surface area (Å²) < 4.78 is 0. The van der Waals surface area contributed by atoms with Crippen LogP contribution < -0.4 is 16.4 Å². The monoisotopic (exact) mass is 162 g/mol. The van der Waals surface area contributed by atoms with Crippen molar-refractivity contribution in [1.82, 2.24) is 10.2 Å². The summed E-state index contributed by atoms with van der Waals surface area (Å²) in [6, 6.07) is 2.40. The predicted molar refractivity (Wildman–Crippen MR) is 38.5 cm³/mol. The van der Waals surface area contributed by atoms with Crippen LogP contribution in [0.3, 0.4) is 0 Å². The van der Waals surface area contributed by atoms with Gasteiger partial charge in [0.1, 0.15) is 10.6 Å². The molecule has 1 aliphatic heterocycles. The summed E-state index contributed by atoms with van der Waals surface area (Å²) in [6.07, 6.45) is 0. The van der Waals surface area contributed by atoms with Crippen molar-refractivity contribution in [3.05, 3.63) is 53.5 Å². The Morgan fingerprint density at radius 2 is 1.75 bits per heavy atom. The van der Waals surface area contributed by atoms with Crippen molar-refractivity contribution in [1.29, 1.82) is 0 Å². The van der Waals surface area contributed by atoms with Gasteiger partial charge in [0.25, 0.3) is 0 Å². The molecule has 0 amide bonds. The van der Waals surface area contributed by atoms with Crippen molar-refractivity contribution in [3.63, 3.8) is 0 Å². The van der Waals surface area contributed by atoms with Crippen LogP contribution in [0.1, 0.15) is 0 Å². The zero-order valence-electron chi connectivity index (χ0n) is 5.77. The number of aromatic nitrogens is 2. The summed E-state index contributed by atoms with van der Waals surface area (Å²) in [5, 5.41) is 6.55. The zero-order valence-corrected chi connectivity index (χ0v) is 5.77. The van der Waals surface area contributed by atoms with E-state index in [1.165, 1.54) is 6.07 Å². The van der Waals surface area contributed by atoms with E-state index in [1.807, 2.05) is 0 Å². The lowest BCUT2D eigenvalue weighted by Gasteiger charge is -1.74. The SMILES string of the molecule is O=c1ccc2nnc(=O)c=2c1=O. The van der Waals surface area contributed by atoms with Crippen LogP contribution in [-0.4, -0.2) is 10.2 Å². The molecule has 0 N–H and O–H groups in total. The molecule has 5 nitrogen and oxygen atoms in total. The molecule has 0 atom stereocenters. The highest BCUT2D eigenvalue weighted by atomic mass is 16.2. The first-order chi connectivity index (χ1) is 5.70. The molecule has 0 aromatic heterocycles. The van der Waals surface area contributed by atoms with E-state index in [4.69, 9.17) is 0 Å². The van der Waals surface area contributed by atoms with E-state index in [0.717, 1.165) is 6.07 Å². The van der Waals surface area contributed by atoms with E-state index in [2.05, 4.69) is 10.2 Å². The third kappa shape index (κ3) is 0.701. The van der Waals surface area contributed by atoms with Crippen LogP contribution in [-0.2, 0) is 0 Å². The molecule has 0 bridgehead atoms. The molecule has 58 valence electrons. The number of hydrogen-bond donors (Lipinski definition) is 0. The van der Waals surface area contributed by atoms with Crippen LogP contribution in [0.4, 0.5) is 0 Å². The van der Waals surface area contributed by atoms with Crippen molar-refractivity contribution >= 4 is 0 Å². The average Bonchev–Trinajstić information content (AvgIpc) is 2.41. The Kier molecular flexibility index (Phi) is 1.15. The molecule has 2 aliphatic rings. The number of nitrogens with zero attached hydrogens (tertiary/aromatic N) is 2. The van der Waals surface area contributed by atoms with E-state index >= 15 is 0 Å². The molecule has 0 saturated carbocycles.